The van der Waals surface area contributed by atoms with Gasteiger partial charge in [-0.25, -0.2) is 0 Å². The highest BCUT2D eigenvalue weighted by atomic mass is 15.2. The van der Waals surface area contributed by atoms with E-state index in [9.17, 15) is 0 Å². The molecule has 0 amide bonds. The normalized spacial score (nSPS) is 30.4. The molecule has 100 valence electrons. The van der Waals surface area contributed by atoms with Gasteiger partial charge in [0.15, 0.2) is 0 Å². The van der Waals surface area contributed by atoms with Crippen molar-refractivity contribution in [2.24, 2.45) is 11.7 Å². The van der Waals surface area contributed by atoms with E-state index in [1.165, 1.54) is 64.3 Å². The summed E-state index contributed by atoms with van der Waals surface area (Å²) in [5.41, 5.74) is 6.44. The predicted molar refractivity (Wildman–Crippen MR) is 74.1 cm³/mol. The molecule has 0 bridgehead atoms. The summed E-state index contributed by atoms with van der Waals surface area (Å²) < 4.78 is 0. The Kier molecular flexibility index (Phi) is 5.30. The van der Waals surface area contributed by atoms with Crippen LogP contribution < -0.4 is 5.73 Å². The molecule has 1 aliphatic heterocycles. The molecule has 2 rings (SSSR count). The van der Waals surface area contributed by atoms with Gasteiger partial charge in [0.25, 0.3) is 0 Å². The molecule has 1 heterocycles. The fourth-order valence-corrected chi connectivity index (χ4v) is 3.74. The number of hydrogen-bond donors (Lipinski definition) is 1. The second-order valence-corrected chi connectivity index (χ2v) is 6.11. The number of hydrogen-bond acceptors (Lipinski definition) is 2. The smallest absolute Gasteiger partial charge is 0.0196 e. The van der Waals surface area contributed by atoms with Gasteiger partial charge in [0.2, 0.25) is 0 Å². The summed E-state index contributed by atoms with van der Waals surface area (Å²) >= 11 is 0. The molecule has 1 saturated heterocycles. The summed E-state index contributed by atoms with van der Waals surface area (Å²) in [6, 6.07) is 1.25. The average Bonchev–Trinajstić information content (AvgIpc) is 2.78. The standard InChI is InChI=1S/C15H30N2/c1-2-14-10-4-3-7-11-17(14)12-15(16)13-8-5-6-9-13/h13-15H,2-12,16H2,1H3. The molecule has 0 aromatic rings. The third-order valence-electron chi connectivity index (χ3n) is 4.92. The zero-order chi connectivity index (χ0) is 12.1. The summed E-state index contributed by atoms with van der Waals surface area (Å²) in [6.45, 7) is 4.78. The molecule has 2 aliphatic rings. The summed E-state index contributed by atoms with van der Waals surface area (Å²) in [7, 11) is 0. The molecule has 0 radical (unpaired) electrons. The number of nitrogens with two attached hydrogens (primary N) is 1. The Bertz CT molecular complexity index is 211. The van der Waals surface area contributed by atoms with Crippen LogP contribution in [-0.2, 0) is 0 Å². The van der Waals surface area contributed by atoms with Crippen molar-refractivity contribution in [1.29, 1.82) is 0 Å². The monoisotopic (exact) mass is 238 g/mol. The van der Waals surface area contributed by atoms with Gasteiger partial charge < -0.3 is 5.73 Å². The van der Waals surface area contributed by atoms with E-state index in [1.807, 2.05) is 0 Å². The van der Waals surface area contributed by atoms with Crippen LogP contribution in [0.15, 0.2) is 0 Å². The van der Waals surface area contributed by atoms with Crippen LogP contribution in [-0.4, -0.2) is 30.1 Å². The first-order valence-electron chi connectivity index (χ1n) is 7.81. The van der Waals surface area contributed by atoms with Crippen LogP contribution in [0.25, 0.3) is 0 Å². The quantitative estimate of drug-likeness (QED) is 0.815. The van der Waals surface area contributed by atoms with Gasteiger partial charge >= 0.3 is 0 Å². The van der Waals surface area contributed by atoms with Crippen molar-refractivity contribution in [2.75, 3.05) is 13.1 Å². The van der Waals surface area contributed by atoms with Crippen LogP contribution >= 0.6 is 0 Å². The Hall–Kier alpha value is -0.0800. The lowest BCUT2D eigenvalue weighted by Gasteiger charge is -2.33. The van der Waals surface area contributed by atoms with Gasteiger partial charge in [0, 0.05) is 18.6 Å². The molecule has 2 atom stereocenters. The van der Waals surface area contributed by atoms with Crippen LogP contribution in [0.5, 0.6) is 0 Å². The molecule has 0 aromatic carbocycles. The summed E-state index contributed by atoms with van der Waals surface area (Å²) in [5.74, 6) is 0.816. The van der Waals surface area contributed by atoms with E-state index in [2.05, 4.69) is 11.8 Å². The van der Waals surface area contributed by atoms with E-state index in [4.69, 9.17) is 5.73 Å². The first-order chi connectivity index (χ1) is 8.31. The Morgan fingerprint density at radius 3 is 2.47 bits per heavy atom. The molecule has 2 nitrogen and oxygen atoms in total. The van der Waals surface area contributed by atoms with Crippen molar-refractivity contribution in [3.05, 3.63) is 0 Å². The average molecular weight is 238 g/mol. The van der Waals surface area contributed by atoms with Crippen molar-refractivity contribution < 1.29 is 0 Å². The van der Waals surface area contributed by atoms with Crippen LogP contribution in [0, 0.1) is 5.92 Å². The first kappa shape index (κ1) is 13.4. The summed E-state index contributed by atoms with van der Waals surface area (Å²) in [4.78, 5) is 2.70. The Labute approximate surface area is 107 Å². The van der Waals surface area contributed by atoms with Gasteiger partial charge in [-0.1, -0.05) is 32.6 Å². The van der Waals surface area contributed by atoms with Gasteiger partial charge in [-0.15, -0.1) is 0 Å². The SMILES string of the molecule is CCC1CCCCCN1CC(N)C1CCCC1. The van der Waals surface area contributed by atoms with Crippen molar-refractivity contribution in [1.82, 2.24) is 4.90 Å². The molecule has 17 heavy (non-hydrogen) atoms. The molecular formula is C15H30N2. The molecule has 2 fully saturated rings. The maximum Gasteiger partial charge on any atom is 0.0196 e. The Morgan fingerprint density at radius 2 is 1.76 bits per heavy atom. The van der Waals surface area contributed by atoms with E-state index < -0.39 is 0 Å². The number of rotatable bonds is 4. The zero-order valence-electron chi connectivity index (χ0n) is 11.5. The third kappa shape index (κ3) is 3.69. The minimum atomic E-state index is 0.435. The molecular weight excluding hydrogens is 208 g/mol. The van der Waals surface area contributed by atoms with Gasteiger partial charge in [-0.05, 0) is 44.6 Å². The topological polar surface area (TPSA) is 29.3 Å². The van der Waals surface area contributed by atoms with E-state index in [1.54, 1.807) is 0 Å². The molecule has 2 heteroatoms. The van der Waals surface area contributed by atoms with Gasteiger partial charge in [-0.3, -0.25) is 4.90 Å². The van der Waals surface area contributed by atoms with E-state index in [0.717, 1.165) is 18.5 Å². The Morgan fingerprint density at radius 1 is 1.06 bits per heavy atom. The van der Waals surface area contributed by atoms with E-state index in [-0.39, 0.29) is 0 Å². The van der Waals surface area contributed by atoms with Gasteiger partial charge in [0.1, 0.15) is 0 Å². The zero-order valence-corrected chi connectivity index (χ0v) is 11.5. The minimum absolute atomic E-state index is 0.435. The fourth-order valence-electron chi connectivity index (χ4n) is 3.74. The third-order valence-corrected chi connectivity index (χ3v) is 4.92. The molecule has 1 aliphatic carbocycles. The van der Waals surface area contributed by atoms with Gasteiger partial charge in [-0.2, -0.15) is 0 Å². The van der Waals surface area contributed by atoms with Crippen LogP contribution in [0.2, 0.25) is 0 Å². The summed E-state index contributed by atoms with van der Waals surface area (Å²) in [6.07, 6.45) is 12.5. The maximum atomic E-state index is 6.44. The molecule has 1 saturated carbocycles. The fraction of sp³-hybridized carbons (Fsp3) is 1.00. The molecule has 0 aromatic heterocycles. The number of likely N-dealkylation sites (tertiary alicyclic amines) is 1. The lowest BCUT2D eigenvalue weighted by molar-refractivity contribution is 0.167. The predicted octanol–water partition coefficient (Wildman–Crippen LogP) is 3.16. The highest BCUT2D eigenvalue weighted by Gasteiger charge is 2.26. The Balaban J connectivity index is 1.85. The highest BCUT2D eigenvalue weighted by molar-refractivity contribution is 4.83. The lowest BCUT2D eigenvalue weighted by atomic mass is 9.97. The van der Waals surface area contributed by atoms with Crippen molar-refractivity contribution in [2.45, 2.75) is 76.8 Å². The molecule has 0 spiro atoms. The van der Waals surface area contributed by atoms with Crippen molar-refractivity contribution >= 4 is 0 Å². The highest BCUT2D eigenvalue weighted by Crippen LogP contribution is 2.28. The second-order valence-electron chi connectivity index (χ2n) is 6.11. The van der Waals surface area contributed by atoms with Crippen molar-refractivity contribution in [3.8, 4) is 0 Å². The number of nitrogens with zero attached hydrogens (tertiary/aromatic N) is 1. The maximum absolute atomic E-state index is 6.44. The van der Waals surface area contributed by atoms with Crippen LogP contribution in [0.1, 0.15) is 64.7 Å². The van der Waals surface area contributed by atoms with Crippen LogP contribution in [0.3, 0.4) is 0 Å². The second kappa shape index (κ2) is 6.75. The lowest BCUT2D eigenvalue weighted by Crippen LogP contribution is -2.45. The largest absolute Gasteiger partial charge is 0.326 e. The summed E-state index contributed by atoms with van der Waals surface area (Å²) in [5, 5.41) is 0. The van der Waals surface area contributed by atoms with E-state index >= 15 is 0 Å². The van der Waals surface area contributed by atoms with Gasteiger partial charge in [0.05, 0.1) is 0 Å². The molecule has 2 unspecified atom stereocenters. The minimum Gasteiger partial charge on any atom is -0.326 e. The first-order valence-corrected chi connectivity index (χ1v) is 7.81. The van der Waals surface area contributed by atoms with Crippen LogP contribution in [0.4, 0.5) is 0 Å². The van der Waals surface area contributed by atoms with E-state index in [0.29, 0.717) is 6.04 Å². The van der Waals surface area contributed by atoms with Crippen molar-refractivity contribution in [3.63, 3.8) is 0 Å². The molecule has 2 N–H and O–H groups in total.